The number of nitrogens with one attached hydrogen (secondary N) is 2. The Bertz CT molecular complexity index is 866. The van der Waals surface area contributed by atoms with Gasteiger partial charge in [-0.1, -0.05) is 31.5 Å². The molecular formula is C19H25ClFN3O2S. The summed E-state index contributed by atoms with van der Waals surface area (Å²) in [6, 6.07) is 9.37. The maximum Gasteiger partial charge on any atom is 0.243 e. The van der Waals surface area contributed by atoms with Gasteiger partial charge in [-0.3, -0.25) is 0 Å². The Hall–Kier alpha value is -1.83. The molecule has 0 aliphatic heterocycles. The second-order valence-electron chi connectivity index (χ2n) is 5.88. The minimum Gasteiger partial charge on any atom is -0.384 e. The normalized spacial score (nSPS) is 11.6. The van der Waals surface area contributed by atoms with Crippen molar-refractivity contribution in [3.63, 3.8) is 0 Å². The van der Waals surface area contributed by atoms with E-state index in [1.807, 2.05) is 6.92 Å². The molecule has 148 valence electrons. The smallest absolute Gasteiger partial charge is 0.243 e. The molecule has 2 rings (SSSR count). The Morgan fingerprint density at radius 2 is 1.74 bits per heavy atom. The first kappa shape index (κ1) is 21.5. The van der Waals surface area contributed by atoms with Crippen molar-refractivity contribution in [3.8, 4) is 0 Å². The van der Waals surface area contributed by atoms with Crippen molar-refractivity contribution in [3.05, 3.63) is 52.8 Å². The predicted molar refractivity (Wildman–Crippen MR) is 109 cm³/mol. The molecule has 0 spiro atoms. The summed E-state index contributed by atoms with van der Waals surface area (Å²) < 4.78 is 41.0. The Labute approximate surface area is 165 Å². The number of hydrogen-bond donors (Lipinski definition) is 2. The Morgan fingerprint density at radius 3 is 2.33 bits per heavy atom. The lowest BCUT2D eigenvalue weighted by atomic mass is 10.2. The van der Waals surface area contributed by atoms with Crippen LogP contribution in [-0.4, -0.2) is 32.4 Å². The van der Waals surface area contributed by atoms with Crippen LogP contribution >= 0.6 is 11.6 Å². The highest BCUT2D eigenvalue weighted by molar-refractivity contribution is 7.89. The molecule has 0 saturated carbocycles. The molecule has 0 bridgehead atoms. The molecule has 5 nitrogen and oxygen atoms in total. The minimum absolute atomic E-state index is 0.138. The highest BCUT2D eigenvalue weighted by atomic mass is 35.5. The summed E-state index contributed by atoms with van der Waals surface area (Å²) in [5, 5.41) is 6.61. The molecule has 2 aromatic carbocycles. The first-order valence-corrected chi connectivity index (χ1v) is 10.7. The molecule has 0 aliphatic carbocycles. The van der Waals surface area contributed by atoms with Crippen LogP contribution in [0.4, 0.5) is 15.8 Å². The molecule has 0 aliphatic rings. The van der Waals surface area contributed by atoms with E-state index in [0.717, 1.165) is 5.69 Å². The maximum absolute atomic E-state index is 14.0. The second-order valence-corrected chi connectivity index (χ2v) is 8.23. The summed E-state index contributed by atoms with van der Waals surface area (Å²) in [5.41, 5.74) is 1.64. The fourth-order valence-electron chi connectivity index (χ4n) is 2.77. The van der Waals surface area contributed by atoms with Gasteiger partial charge in [-0.2, -0.15) is 4.31 Å². The average molecular weight is 414 g/mol. The van der Waals surface area contributed by atoms with E-state index >= 15 is 0 Å². The molecule has 0 heterocycles. The van der Waals surface area contributed by atoms with Gasteiger partial charge in [-0.05, 0) is 37.3 Å². The van der Waals surface area contributed by atoms with E-state index in [9.17, 15) is 12.8 Å². The van der Waals surface area contributed by atoms with Gasteiger partial charge in [0.1, 0.15) is 5.82 Å². The zero-order valence-corrected chi connectivity index (χ0v) is 17.3. The third-order valence-electron chi connectivity index (χ3n) is 4.22. The van der Waals surface area contributed by atoms with Crippen LogP contribution in [0.15, 0.2) is 41.3 Å². The molecule has 2 N–H and O–H groups in total. The quantitative estimate of drug-likeness (QED) is 0.632. The van der Waals surface area contributed by atoms with Crippen molar-refractivity contribution >= 4 is 33.0 Å². The zero-order valence-electron chi connectivity index (χ0n) is 15.7. The predicted octanol–water partition coefficient (Wildman–Crippen LogP) is 4.55. The van der Waals surface area contributed by atoms with Crippen molar-refractivity contribution in [2.45, 2.75) is 32.2 Å². The summed E-state index contributed by atoms with van der Waals surface area (Å²) in [6.45, 7) is 7.12. The van der Waals surface area contributed by atoms with Crippen LogP contribution in [0, 0.1) is 5.82 Å². The van der Waals surface area contributed by atoms with Crippen molar-refractivity contribution < 1.29 is 12.8 Å². The van der Waals surface area contributed by atoms with Gasteiger partial charge in [0.2, 0.25) is 10.0 Å². The van der Waals surface area contributed by atoms with E-state index in [1.54, 1.807) is 44.2 Å². The monoisotopic (exact) mass is 413 g/mol. The summed E-state index contributed by atoms with van der Waals surface area (Å²) in [4.78, 5) is 0.190. The fraction of sp³-hybridized carbons (Fsp3) is 0.368. The van der Waals surface area contributed by atoms with E-state index in [2.05, 4.69) is 10.6 Å². The van der Waals surface area contributed by atoms with E-state index in [1.165, 1.54) is 10.4 Å². The van der Waals surface area contributed by atoms with E-state index in [4.69, 9.17) is 11.6 Å². The van der Waals surface area contributed by atoms with Crippen molar-refractivity contribution in [1.29, 1.82) is 0 Å². The topological polar surface area (TPSA) is 61.4 Å². The number of rotatable bonds is 9. The third kappa shape index (κ3) is 4.91. The van der Waals surface area contributed by atoms with Crippen LogP contribution in [0.25, 0.3) is 0 Å². The van der Waals surface area contributed by atoms with Crippen LogP contribution in [-0.2, 0) is 16.6 Å². The van der Waals surface area contributed by atoms with Gasteiger partial charge in [0.25, 0.3) is 0 Å². The second kappa shape index (κ2) is 9.39. The lowest BCUT2D eigenvalue weighted by Crippen LogP contribution is -2.30. The van der Waals surface area contributed by atoms with Crippen molar-refractivity contribution in [2.75, 3.05) is 30.3 Å². The largest absolute Gasteiger partial charge is 0.384 e. The summed E-state index contributed by atoms with van der Waals surface area (Å²) >= 11 is 6.08. The number of sulfonamides is 1. The first-order valence-electron chi connectivity index (χ1n) is 8.89. The molecule has 8 heteroatoms. The van der Waals surface area contributed by atoms with Crippen LogP contribution in [0.2, 0.25) is 5.02 Å². The molecule has 0 aromatic heterocycles. The zero-order chi connectivity index (χ0) is 20.0. The van der Waals surface area contributed by atoms with Crippen LogP contribution in [0.5, 0.6) is 0 Å². The van der Waals surface area contributed by atoms with Crippen LogP contribution in [0.1, 0.15) is 26.3 Å². The summed E-state index contributed by atoms with van der Waals surface area (Å²) in [5.74, 6) is -0.410. The standard InChI is InChI=1S/C19H25ClFN3O2S/c1-4-22-18-11-10-14(27(25,26)24(5-2)6-3)12-19(18)23-13-15-16(20)8-7-9-17(15)21/h7-12,22-23H,4-6,13H2,1-3H3. The molecule has 0 saturated heterocycles. The van der Waals surface area contributed by atoms with Gasteiger partial charge in [0.05, 0.1) is 16.3 Å². The van der Waals surface area contributed by atoms with Crippen LogP contribution in [0.3, 0.4) is 0 Å². The third-order valence-corrected chi connectivity index (χ3v) is 6.62. The highest BCUT2D eigenvalue weighted by Crippen LogP contribution is 2.29. The summed E-state index contributed by atoms with van der Waals surface area (Å²) in [6.07, 6.45) is 0. The molecule has 0 radical (unpaired) electrons. The SMILES string of the molecule is CCNc1ccc(S(=O)(=O)N(CC)CC)cc1NCc1c(F)cccc1Cl. The van der Waals surface area contributed by atoms with Crippen molar-refractivity contribution in [1.82, 2.24) is 4.31 Å². The van der Waals surface area contributed by atoms with Gasteiger partial charge in [-0.15, -0.1) is 0 Å². The molecule has 0 atom stereocenters. The number of nitrogens with zero attached hydrogens (tertiary/aromatic N) is 1. The molecular weight excluding hydrogens is 389 g/mol. The van der Waals surface area contributed by atoms with Gasteiger partial charge >= 0.3 is 0 Å². The van der Waals surface area contributed by atoms with Gasteiger partial charge in [-0.25, -0.2) is 12.8 Å². The molecule has 0 fully saturated rings. The molecule has 27 heavy (non-hydrogen) atoms. The Balaban J connectivity index is 2.38. The highest BCUT2D eigenvalue weighted by Gasteiger charge is 2.22. The minimum atomic E-state index is -3.59. The van der Waals surface area contributed by atoms with E-state index < -0.39 is 15.8 Å². The van der Waals surface area contributed by atoms with Gasteiger partial charge < -0.3 is 10.6 Å². The number of benzene rings is 2. The lowest BCUT2D eigenvalue weighted by molar-refractivity contribution is 0.445. The van der Waals surface area contributed by atoms with Crippen LogP contribution < -0.4 is 10.6 Å². The number of anilines is 2. The molecule has 0 unspecified atom stereocenters. The Kier molecular flexibility index (Phi) is 7.47. The summed E-state index contributed by atoms with van der Waals surface area (Å²) in [7, 11) is -3.59. The molecule has 0 amide bonds. The van der Waals surface area contributed by atoms with Crippen molar-refractivity contribution in [2.24, 2.45) is 0 Å². The van der Waals surface area contributed by atoms with Gasteiger partial charge in [0, 0.05) is 36.8 Å². The number of halogens is 2. The lowest BCUT2D eigenvalue weighted by Gasteiger charge is -2.20. The number of hydrogen-bond acceptors (Lipinski definition) is 4. The van der Waals surface area contributed by atoms with E-state index in [0.29, 0.717) is 35.9 Å². The molecule has 2 aromatic rings. The van der Waals surface area contributed by atoms with Gasteiger partial charge in [0.15, 0.2) is 0 Å². The maximum atomic E-state index is 14.0. The average Bonchev–Trinajstić information content (AvgIpc) is 2.63. The Morgan fingerprint density at radius 1 is 1.04 bits per heavy atom. The van der Waals surface area contributed by atoms with E-state index in [-0.39, 0.29) is 11.4 Å². The fourth-order valence-corrected chi connectivity index (χ4v) is 4.49. The first-order chi connectivity index (χ1) is 12.8.